The van der Waals surface area contributed by atoms with E-state index in [0.29, 0.717) is 40.8 Å². The van der Waals surface area contributed by atoms with Crippen LogP contribution < -0.4 is 5.56 Å². The second-order valence-electron chi connectivity index (χ2n) is 6.41. The minimum Gasteiger partial charge on any atom is -0.383 e. The van der Waals surface area contributed by atoms with E-state index in [9.17, 15) is 14.0 Å². The standard InChI is InChI=1S/C19H17FN4O3S/c1-24(3-4-27-2)19(26)11-5-10-6-14(21-13(10)7-12(11)20)17-18(25)23-16-9-28-8-15(16)22-17/h5-9,21H,3-4H2,1-2H3,(H,23,25). The topological polar surface area (TPSA) is 91.1 Å². The summed E-state index contributed by atoms with van der Waals surface area (Å²) < 4.78 is 19.5. The number of carbonyl (C=O) groups excluding carboxylic acids is 1. The van der Waals surface area contributed by atoms with Gasteiger partial charge in [-0.1, -0.05) is 0 Å². The number of hydrogen-bond acceptors (Lipinski definition) is 5. The third-order valence-corrected chi connectivity index (χ3v) is 5.24. The molecule has 0 atom stereocenters. The van der Waals surface area contributed by atoms with Gasteiger partial charge in [-0.3, -0.25) is 9.59 Å². The van der Waals surface area contributed by atoms with Crippen molar-refractivity contribution in [1.29, 1.82) is 0 Å². The van der Waals surface area contributed by atoms with Gasteiger partial charge in [0.05, 0.1) is 28.9 Å². The lowest BCUT2D eigenvalue weighted by atomic mass is 10.1. The molecule has 4 rings (SSSR count). The van der Waals surface area contributed by atoms with Gasteiger partial charge in [-0.25, -0.2) is 9.37 Å². The molecule has 3 heterocycles. The Bertz CT molecular complexity index is 1240. The zero-order valence-electron chi connectivity index (χ0n) is 15.2. The lowest BCUT2D eigenvalue weighted by molar-refractivity contribution is 0.0740. The van der Waals surface area contributed by atoms with Crippen LogP contribution in [0.15, 0.2) is 33.8 Å². The summed E-state index contributed by atoms with van der Waals surface area (Å²) in [7, 11) is 3.13. The van der Waals surface area contributed by atoms with E-state index < -0.39 is 11.7 Å². The van der Waals surface area contributed by atoms with Crippen LogP contribution in [0.5, 0.6) is 0 Å². The Morgan fingerprint density at radius 3 is 2.86 bits per heavy atom. The van der Waals surface area contributed by atoms with Crippen LogP contribution in [0.25, 0.3) is 33.3 Å². The number of carbonyl (C=O) groups is 1. The first-order chi connectivity index (χ1) is 13.5. The number of aromatic amines is 2. The van der Waals surface area contributed by atoms with E-state index in [4.69, 9.17) is 4.74 Å². The van der Waals surface area contributed by atoms with Gasteiger partial charge in [-0.2, -0.15) is 0 Å². The van der Waals surface area contributed by atoms with Crippen molar-refractivity contribution < 1.29 is 13.9 Å². The van der Waals surface area contributed by atoms with Gasteiger partial charge in [0.2, 0.25) is 0 Å². The molecular weight excluding hydrogens is 383 g/mol. The van der Waals surface area contributed by atoms with E-state index in [-0.39, 0.29) is 16.8 Å². The Morgan fingerprint density at radius 2 is 2.07 bits per heavy atom. The van der Waals surface area contributed by atoms with Crippen molar-refractivity contribution >= 4 is 39.2 Å². The van der Waals surface area contributed by atoms with E-state index in [1.165, 1.54) is 35.5 Å². The summed E-state index contributed by atoms with van der Waals surface area (Å²) in [5, 5.41) is 4.27. The molecule has 0 spiro atoms. The minimum atomic E-state index is -0.634. The van der Waals surface area contributed by atoms with Crippen molar-refractivity contribution in [1.82, 2.24) is 19.9 Å². The highest BCUT2D eigenvalue weighted by Crippen LogP contribution is 2.25. The number of aromatic nitrogens is 3. The van der Waals surface area contributed by atoms with Gasteiger partial charge in [-0.05, 0) is 18.2 Å². The van der Waals surface area contributed by atoms with E-state index in [0.717, 1.165) is 0 Å². The fraction of sp³-hybridized carbons (Fsp3) is 0.211. The van der Waals surface area contributed by atoms with Crippen molar-refractivity contribution in [3.63, 3.8) is 0 Å². The van der Waals surface area contributed by atoms with Gasteiger partial charge in [0, 0.05) is 42.4 Å². The number of halogens is 1. The van der Waals surface area contributed by atoms with Crippen LogP contribution in [0.3, 0.4) is 0 Å². The van der Waals surface area contributed by atoms with Gasteiger partial charge in [0.25, 0.3) is 11.5 Å². The van der Waals surface area contributed by atoms with Crippen molar-refractivity contribution in [2.24, 2.45) is 0 Å². The van der Waals surface area contributed by atoms with Gasteiger partial charge in [0.1, 0.15) is 5.82 Å². The number of hydrogen-bond donors (Lipinski definition) is 2. The van der Waals surface area contributed by atoms with E-state index in [2.05, 4.69) is 15.0 Å². The smallest absolute Gasteiger partial charge is 0.276 e. The molecule has 1 aromatic carbocycles. The summed E-state index contributed by atoms with van der Waals surface area (Å²) in [5.41, 5.74) is 2.14. The molecule has 0 bridgehead atoms. The maximum absolute atomic E-state index is 14.5. The van der Waals surface area contributed by atoms with Crippen molar-refractivity contribution in [2.45, 2.75) is 0 Å². The van der Waals surface area contributed by atoms with E-state index in [1.807, 2.05) is 10.8 Å². The lowest BCUT2D eigenvalue weighted by Crippen LogP contribution is -2.30. The molecule has 0 unspecified atom stereocenters. The van der Waals surface area contributed by atoms with Crippen LogP contribution in [0, 0.1) is 5.82 Å². The van der Waals surface area contributed by atoms with Crippen molar-refractivity contribution in [3.8, 4) is 11.4 Å². The predicted octanol–water partition coefficient (Wildman–Crippen LogP) is 2.99. The number of benzene rings is 1. The molecule has 1 amide bonds. The van der Waals surface area contributed by atoms with Crippen LogP contribution in [0.2, 0.25) is 0 Å². The molecule has 0 aliphatic heterocycles. The molecule has 9 heteroatoms. The summed E-state index contributed by atoms with van der Waals surface area (Å²) in [4.78, 5) is 36.5. The highest BCUT2D eigenvalue weighted by Gasteiger charge is 2.19. The Hall–Kier alpha value is -3.04. The largest absolute Gasteiger partial charge is 0.383 e. The molecule has 0 radical (unpaired) electrons. The molecule has 3 aromatic heterocycles. The third-order valence-electron chi connectivity index (χ3n) is 4.51. The Balaban J connectivity index is 1.76. The van der Waals surface area contributed by atoms with Crippen molar-refractivity contribution in [2.75, 3.05) is 27.3 Å². The molecule has 28 heavy (non-hydrogen) atoms. The zero-order chi connectivity index (χ0) is 19.8. The molecule has 0 saturated heterocycles. The molecule has 2 N–H and O–H groups in total. The summed E-state index contributed by atoms with van der Waals surface area (Å²) >= 11 is 1.44. The summed E-state index contributed by atoms with van der Waals surface area (Å²) in [6, 6.07) is 4.43. The second-order valence-corrected chi connectivity index (χ2v) is 7.15. The number of thiophene rings is 1. The van der Waals surface area contributed by atoms with Crippen LogP contribution in [0.1, 0.15) is 10.4 Å². The number of ether oxygens (including phenoxy) is 1. The number of amides is 1. The Labute approximate surface area is 162 Å². The normalized spacial score (nSPS) is 11.4. The van der Waals surface area contributed by atoms with Crippen LogP contribution in [-0.4, -0.2) is 53.1 Å². The zero-order valence-corrected chi connectivity index (χ0v) is 16.0. The first kappa shape index (κ1) is 18.3. The van der Waals surface area contributed by atoms with Gasteiger partial charge in [-0.15, -0.1) is 11.3 Å². The Kier molecular flexibility index (Phi) is 4.70. The first-order valence-electron chi connectivity index (χ1n) is 8.51. The summed E-state index contributed by atoms with van der Waals surface area (Å²) in [6.45, 7) is 0.713. The molecule has 0 fully saturated rings. The highest BCUT2D eigenvalue weighted by atomic mass is 32.1. The molecule has 7 nitrogen and oxygen atoms in total. The number of H-pyrrole nitrogens is 2. The number of nitrogens with zero attached hydrogens (tertiary/aromatic N) is 2. The lowest BCUT2D eigenvalue weighted by Gasteiger charge is -2.17. The number of likely N-dealkylation sites (N-methyl/N-ethyl adjacent to an activating group) is 1. The average Bonchev–Trinajstić information content (AvgIpc) is 3.29. The summed E-state index contributed by atoms with van der Waals surface area (Å²) in [6.07, 6.45) is 0. The molecule has 0 aliphatic rings. The first-order valence-corrected chi connectivity index (χ1v) is 9.45. The Morgan fingerprint density at radius 1 is 1.25 bits per heavy atom. The van der Waals surface area contributed by atoms with E-state index >= 15 is 0 Å². The van der Waals surface area contributed by atoms with Crippen LogP contribution >= 0.6 is 11.3 Å². The van der Waals surface area contributed by atoms with Gasteiger partial charge < -0.3 is 19.6 Å². The van der Waals surface area contributed by atoms with Gasteiger partial charge in [0.15, 0.2) is 5.69 Å². The molecule has 0 saturated carbocycles. The third kappa shape index (κ3) is 3.19. The fourth-order valence-corrected chi connectivity index (χ4v) is 3.68. The van der Waals surface area contributed by atoms with Crippen LogP contribution in [-0.2, 0) is 4.74 Å². The molecular formula is C19H17FN4O3S. The summed E-state index contributed by atoms with van der Waals surface area (Å²) in [5.74, 6) is -1.07. The minimum absolute atomic E-state index is 0.0354. The van der Waals surface area contributed by atoms with Gasteiger partial charge >= 0.3 is 0 Å². The average molecular weight is 400 g/mol. The fourth-order valence-electron chi connectivity index (χ4n) is 2.99. The maximum Gasteiger partial charge on any atom is 0.276 e. The number of rotatable bonds is 5. The van der Waals surface area contributed by atoms with Crippen molar-refractivity contribution in [3.05, 3.63) is 50.7 Å². The second kappa shape index (κ2) is 7.17. The number of methoxy groups -OCH3 is 1. The quantitative estimate of drug-likeness (QED) is 0.539. The SMILES string of the molecule is COCCN(C)C(=O)c1cc2cc(-c3nc4cscc4[nH]c3=O)[nH]c2cc1F. The number of nitrogens with one attached hydrogen (secondary N) is 2. The molecule has 4 aromatic rings. The predicted molar refractivity (Wildman–Crippen MR) is 106 cm³/mol. The van der Waals surface area contributed by atoms with Crippen LogP contribution in [0.4, 0.5) is 4.39 Å². The maximum atomic E-state index is 14.5. The van der Waals surface area contributed by atoms with E-state index in [1.54, 1.807) is 13.1 Å². The number of fused-ring (bicyclic) bond motifs is 2. The highest BCUT2D eigenvalue weighted by molar-refractivity contribution is 7.09. The monoisotopic (exact) mass is 400 g/mol. The molecule has 144 valence electrons. The molecule has 0 aliphatic carbocycles.